The number of aliphatic hydroxyl groups is 1. The van der Waals surface area contributed by atoms with Crippen molar-refractivity contribution in [3.8, 4) is 11.3 Å². The van der Waals surface area contributed by atoms with Crippen LogP contribution in [0.15, 0.2) is 45.3 Å². The molecule has 0 spiro atoms. The number of fused-ring (bicyclic) bond motifs is 5. The fourth-order valence-electron chi connectivity index (χ4n) is 10.2. The molecule has 1 N–H and O–H groups in total. The number of amides is 1. The maximum absolute atomic E-state index is 14.7. The topological polar surface area (TPSA) is 202 Å². The highest BCUT2D eigenvalue weighted by atomic mass is 16.7. The lowest BCUT2D eigenvalue weighted by atomic mass is 9.65. The Labute approximate surface area is 371 Å². The molecule has 1 aliphatic carbocycles. The number of nitrogens with zero attached hydrogens (tertiary/aromatic N) is 5. The predicted octanol–water partition coefficient (Wildman–Crippen LogP) is 6.77. The molecule has 2 aliphatic heterocycles. The Bertz CT molecular complexity index is 1950. The van der Waals surface area contributed by atoms with Gasteiger partial charge < -0.3 is 38.3 Å². The average Bonchev–Trinajstić information content (AvgIpc) is 3.76. The minimum Gasteiger partial charge on any atom is -0.459 e. The van der Waals surface area contributed by atoms with Crippen molar-refractivity contribution in [2.75, 3.05) is 14.1 Å². The van der Waals surface area contributed by atoms with Crippen molar-refractivity contribution in [1.82, 2.24) is 15.0 Å². The van der Waals surface area contributed by atoms with Crippen molar-refractivity contribution < 1.29 is 52.6 Å². The van der Waals surface area contributed by atoms with Crippen molar-refractivity contribution in [2.45, 2.75) is 163 Å². The van der Waals surface area contributed by atoms with E-state index >= 15 is 0 Å². The number of hydrogen-bond acceptors (Lipinski definition) is 15. The van der Waals surface area contributed by atoms with Gasteiger partial charge in [0, 0.05) is 49.2 Å². The minimum absolute atomic E-state index is 0.0756. The Morgan fingerprint density at radius 2 is 1.76 bits per heavy atom. The number of pyridine rings is 1. The molecule has 5 rings (SSSR count). The minimum atomic E-state index is -1.62. The summed E-state index contributed by atoms with van der Waals surface area (Å²) in [6.45, 7) is 17.5. The fourth-order valence-corrected chi connectivity index (χ4v) is 10.2. The molecule has 2 aromatic rings. The van der Waals surface area contributed by atoms with Crippen molar-refractivity contribution in [3.63, 3.8) is 0 Å². The molecule has 1 saturated carbocycles. The maximum Gasteiger partial charge on any atom is 0.316 e. The second-order valence-corrected chi connectivity index (χ2v) is 18.8. The van der Waals surface area contributed by atoms with Gasteiger partial charge in [0.05, 0.1) is 35.9 Å². The number of carbonyl (C=O) groups is 4. The van der Waals surface area contributed by atoms with Gasteiger partial charge in [0.15, 0.2) is 30.5 Å². The number of aliphatic imine (C=N–C) groups is 1. The predicted molar refractivity (Wildman–Crippen MR) is 234 cm³/mol. The van der Waals surface area contributed by atoms with Crippen LogP contribution >= 0.6 is 0 Å². The van der Waals surface area contributed by atoms with E-state index in [9.17, 15) is 24.3 Å². The number of likely N-dealkylation sites (N-methyl/N-ethyl adjacent to an activating group) is 1. The zero-order valence-electron chi connectivity index (χ0n) is 39.2. The van der Waals surface area contributed by atoms with Crippen LogP contribution in [0.25, 0.3) is 11.3 Å². The maximum atomic E-state index is 14.7. The van der Waals surface area contributed by atoms with Crippen LogP contribution in [0.5, 0.6) is 0 Å². The Morgan fingerprint density at radius 3 is 2.37 bits per heavy atom. The molecule has 16 nitrogen and oxygen atoms in total. The zero-order valence-corrected chi connectivity index (χ0v) is 39.2. The van der Waals surface area contributed by atoms with E-state index in [1.165, 1.54) is 20.8 Å². The Balaban J connectivity index is 1.66. The van der Waals surface area contributed by atoms with Crippen molar-refractivity contribution in [3.05, 3.63) is 36.3 Å². The number of cyclic esters (lactones) is 1. The number of Topliss-reactive ketones (excluding diaryl/α,β-unsaturated/α-hetero) is 1. The number of ether oxygens (including phenoxy) is 4. The molecule has 2 aromatic heterocycles. The molecule has 2 bridgehead atoms. The smallest absolute Gasteiger partial charge is 0.316 e. The van der Waals surface area contributed by atoms with E-state index in [4.69, 9.17) is 33.5 Å². The third kappa shape index (κ3) is 11.9. The van der Waals surface area contributed by atoms with Crippen LogP contribution in [0.2, 0.25) is 0 Å². The number of esters is 2. The summed E-state index contributed by atoms with van der Waals surface area (Å²) in [6, 6.07) is 5.17. The first-order valence-electron chi connectivity index (χ1n) is 22.4. The number of oxime groups is 1. The summed E-state index contributed by atoms with van der Waals surface area (Å²) < 4.78 is 30.9. The van der Waals surface area contributed by atoms with Crippen LogP contribution in [0, 0.1) is 35.0 Å². The molecule has 2 saturated heterocycles. The number of aromatic nitrogens is 2. The van der Waals surface area contributed by atoms with Gasteiger partial charge in [-0.25, -0.2) is 4.99 Å². The molecule has 0 unspecified atom stereocenters. The highest BCUT2D eigenvalue weighted by Gasteiger charge is 2.52. The largest absolute Gasteiger partial charge is 0.459 e. The SMILES string of the molecule is CC[C@H]1OC(=O)[C@H](C)C(=O)[C@H](C)[C@@H](O[C@@H]2O[C@H](C)C[C@H](N(C)C)[C@H]2OC(C)=O)[C@]2(C)CC/C(=N/OCc3ccc(-c4ccno4)cn3)CC[C@H]([C@@H](C)/C(=N/C(C)=O)[C@H](C)C2)[C@]1(C)O. The van der Waals surface area contributed by atoms with Gasteiger partial charge in [-0.1, -0.05) is 44.9 Å². The Kier molecular flexibility index (Phi) is 16.6. The van der Waals surface area contributed by atoms with Crippen LogP contribution in [-0.4, -0.2) is 112 Å². The summed E-state index contributed by atoms with van der Waals surface area (Å²) in [5.74, 6) is -5.00. The highest BCUT2D eigenvalue weighted by molar-refractivity contribution is 6.00. The standard InChI is InChI=1S/C47H69N5O11/c1-13-39-47(10,57)36-17-16-34(51-58-25-35-15-14-33(24-48-35)38-19-21-49-63-38)18-20-46(9,23-26(2)40(28(36)4)50-31(7)53)43(29(5)41(55)30(6)44(56)61-39)62-45-42(60-32(8)54)37(52(11)12)22-27(3)59-45/h14-15,19,21,24,26-30,36-37,39,42-43,45,57H,13,16-18,20,22-23,25H2,1-12H3/b50-40+,51-34+/t26-,27-,28-,29+,30-,36-,37+,39-,42-,43-,45+,46-,47+/m1/s1. The number of ketones is 1. The molecule has 16 heteroatoms. The molecular formula is C47H69N5O11. The van der Waals surface area contributed by atoms with Crippen LogP contribution < -0.4 is 0 Å². The molecular weight excluding hydrogens is 811 g/mol. The van der Waals surface area contributed by atoms with Gasteiger partial charge in [-0.15, -0.1) is 0 Å². The molecule has 63 heavy (non-hydrogen) atoms. The van der Waals surface area contributed by atoms with E-state index in [1.807, 2.05) is 65.7 Å². The van der Waals surface area contributed by atoms with E-state index in [2.05, 4.69) is 15.1 Å². The summed E-state index contributed by atoms with van der Waals surface area (Å²) in [5.41, 5.74) is 0.179. The lowest BCUT2D eigenvalue weighted by Crippen LogP contribution is -2.58. The lowest BCUT2D eigenvalue weighted by molar-refractivity contribution is -0.290. The van der Waals surface area contributed by atoms with Gasteiger partial charge in [-0.05, 0) is 109 Å². The summed E-state index contributed by atoms with van der Waals surface area (Å²) in [5, 5.41) is 21.1. The first kappa shape index (κ1) is 49.6. The third-order valence-electron chi connectivity index (χ3n) is 13.6. The third-order valence-corrected chi connectivity index (χ3v) is 13.6. The summed E-state index contributed by atoms with van der Waals surface area (Å²) in [4.78, 5) is 71.6. The van der Waals surface area contributed by atoms with Gasteiger partial charge in [0.1, 0.15) is 17.6 Å². The monoisotopic (exact) mass is 879 g/mol. The molecule has 3 aliphatic rings. The number of rotatable bonds is 9. The van der Waals surface area contributed by atoms with E-state index in [-0.39, 0.29) is 37.0 Å². The van der Waals surface area contributed by atoms with Crippen molar-refractivity contribution in [2.24, 2.45) is 45.2 Å². The van der Waals surface area contributed by atoms with Crippen LogP contribution in [0.4, 0.5) is 0 Å². The molecule has 0 aromatic carbocycles. The lowest BCUT2D eigenvalue weighted by Gasteiger charge is -2.48. The second kappa shape index (κ2) is 21.1. The quantitative estimate of drug-likeness (QED) is 0.157. The van der Waals surface area contributed by atoms with Gasteiger partial charge in [0.2, 0.25) is 5.91 Å². The molecule has 13 atom stereocenters. The Morgan fingerprint density at radius 1 is 1.03 bits per heavy atom. The molecule has 1 amide bonds. The second-order valence-electron chi connectivity index (χ2n) is 18.8. The van der Waals surface area contributed by atoms with Crippen molar-refractivity contribution in [1.29, 1.82) is 0 Å². The summed E-state index contributed by atoms with van der Waals surface area (Å²) in [7, 11) is 3.81. The van der Waals surface area contributed by atoms with E-state index < -0.39 is 77.0 Å². The zero-order chi connectivity index (χ0) is 46.4. The van der Waals surface area contributed by atoms with Crippen LogP contribution in [0.1, 0.15) is 120 Å². The number of carbonyl (C=O) groups excluding carboxylic acids is 4. The highest BCUT2D eigenvalue weighted by Crippen LogP contribution is 2.47. The molecule has 3 fully saturated rings. The summed E-state index contributed by atoms with van der Waals surface area (Å²) >= 11 is 0. The first-order chi connectivity index (χ1) is 29.7. The van der Waals surface area contributed by atoms with E-state index in [0.717, 1.165) is 5.56 Å². The molecule has 348 valence electrons. The van der Waals surface area contributed by atoms with Gasteiger partial charge in [-0.3, -0.25) is 24.2 Å². The van der Waals surface area contributed by atoms with Crippen LogP contribution in [0.3, 0.4) is 0 Å². The first-order valence-corrected chi connectivity index (χ1v) is 22.4. The van der Waals surface area contributed by atoms with Gasteiger partial charge in [-0.2, -0.15) is 0 Å². The number of hydrogen-bond donors (Lipinski definition) is 1. The molecule has 0 radical (unpaired) electrons. The fraction of sp³-hybridized carbons (Fsp3) is 0.702. The van der Waals surface area contributed by atoms with Gasteiger partial charge in [0.25, 0.3) is 0 Å². The summed E-state index contributed by atoms with van der Waals surface area (Å²) in [6.07, 6.45) is 1.88. The normalized spacial score (nSPS) is 36.3. The van der Waals surface area contributed by atoms with Gasteiger partial charge >= 0.3 is 11.9 Å². The van der Waals surface area contributed by atoms with E-state index in [0.29, 0.717) is 61.4 Å². The van der Waals surface area contributed by atoms with Crippen molar-refractivity contribution >= 4 is 35.1 Å². The average molecular weight is 880 g/mol. The Hall–Kier alpha value is -4.38. The van der Waals surface area contributed by atoms with Crippen LogP contribution in [-0.2, 0) is 49.6 Å². The molecule has 4 heterocycles. The van der Waals surface area contributed by atoms with E-state index in [1.54, 1.807) is 32.3 Å².